The van der Waals surface area contributed by atoms with Crippen LogP contribution in [0.5, 0.6) is 0 Å². The normalized spacial score (nSPS) is 10.5. The Morgan fingerprint density at radius 3 is 2.65 bits per heavy atom. The molecular weight excluding hydrogens is 352 g/mol. The van der Waals surface area contributed by atoms with Crippen molar-refractivity contribution in [3.05, 3.63) is 65.2 Å². The number of amides is 2. The van der Waals surface area contributed by atoms with Crippen molar-refractivity contribution in [2.45, 2.75) is 11.8 Å². The smallest absolute Gasteiger partial charge is 0.281 e. The van der Waals surface area contributed by atoms with Crippen molar-refractivity contribution in [1.29, 1.82) is 0 Å². The molecule has 0 bridgehead atoms. The summed E-state index contributed by atoms with van der Waals surface area (Å²) in [5.74, 6) is -0.423. The molecule has 2 N–H and O–H groups in total. The standard InChI is InChI=1S/C18H16N4O3S/c1-12(23)20-13-6-2-3-7-15(13)26-11-17(24)21-14-10-19-16-8-4-5-9-22(16)18(14)25/h2-10H,11H2,1H3,(H,20,23)(H,21,24). The number of nitrogens with zero attached hydrogens (tertiary/aromatic N) is 2. The molecule has 3 rings (SSSR count). The van der Waals surface area contributed by atoms with Crippen molar-refractivity contribution in [1.82, 2.24) is 9.38 Å². The zero-order valence-electron chi connectivity index (χ0n) is 13.9. The Morgan fingerprint density at radius 1 is 1.08 bits per heavy atom. The van der Waals surface area contributed by atoms with Gasteiger partial charge in [0.15, 0.2) is 0 Å². The zero-order chi connectivity index (χ0) is 18.5. The summed E-state index contributed by atoms with van der Waals surface area (Å²) in [7, 11) is 0. The molecule has 0 aliphatic heterocycles. The molecule has 2 amide bonds. The van der Waals surface area contributed by atoms with Crippen LogP contribution in [0.25, 0.3) is 5.65 Å². The second-order valence-electron chi connectivity index (χ2n) is 5.42. The second-order valence-corrected chi connectivity index (χ2v) is 6.44. The maximum atomic E-state index is 12.4. The third-order valence-electron chi connectivity index (χ3n) is 3.44. The Hall–Kier alpha value is -3.13. The van der Waals surface area contributed by atoms with Crippen LogP contribution in [0.2, 0.25) is 0 Å². The van der Waals surface area contributed by atoms with E-state index in [2.05, 4.69) is 15.6 Å². The van der Waals surface area contributed by atoms with E-state index in [4.69, 9.17) is 0 Å². The molecule has 0 atom stereocenters. The number of benzene rings is 1. The van der Waals surface area contributed by atoms with E-state index in [-0.39, 0.29) is 28.8 Å². The summed E-state index contributed by atoms with van der Waals surface area (Å²) < 4.78 is 1.37. The number of carbonyl (C=O) groups is 2. The van der Waals surface area contributed by atoms with E-state index >= 15 is 0 Å². The Morgan fingerprint density at radius 2 is 1.85 bits per heavy atom. The van der Waals surface area contributed by atoms with Crippen LogP contribution in [0.3, 0.4) is 0 Å². The summed E-state index contributed by atoms with van der Waals surface area (Å²) in [5, 5.41) is 5.31. The summed E-state index contributed by atoms with van der Waals surface area (Å²) in [5.41, 5.74) is 0.932. The fourth-order valence-corrected chi connectivity index (χ4v) is 3.14. The molecular formula is C18H16N4O3S. The quantitative estimate of drug-likeness (QED) is 0.675. The first kappa shape index (κ1) is 17.7. The lowest BCUT2D eigenvalue weighted by Gasteiger charge is -2.09. The Kier molecular flexibility index (Phi) is 5.33. The van der Waals surface area contributed by atoms with E-state index < -0.39 is 0 Å². The Bertz CT molecular complexity index is 1030. The van der Waals surface area contributed by atoms with Crippen molar-refractivity contribution in [2.75, 3.05) is 16.4 Å². The van der Waals surface area contributed by atoms with Crippen molar-refractivity contribution in [3.8, 4) is 0 Å². The van der Waals surface area contributed by atoms with E-state index in [0.717, 1.165) is 4.90 Å². The summed E-state index contributed by atoms with van der Waals surface area (Å²) >= 11 is 1.27. The van der Waals surface area contributed by atoms with Crippen molar-refractivity contribution < 1.29 is 9.59 Å². The number of hydrogen-bond acceptors (Lipinski definition) is 5. The number of para-hydroxylation sites is 1. The van der Waals surface area contributed by atoms with Gasteiger partial charge in [-0.1, -0.05) is 18.2 Å². The van der Waals surface area contributed by atoms with Crippen molar-refractivity contribution in [2.24, 2.45) is 0 Å². The van der Waals surface area contributed by atoms with Gasteiger partial charge in [-0.25, -0.2) is 4.98 Å². The van der Waals surface area contributed by atoms with Crippen LogP contribution in [0.15, 0.2) is 64.5 Å². The molecule has 0 aliphatic rings. The van der Waals surface area contributed by atoms with Gasteiger partial charge in [0.05, 0.1) is 17.6 Å². The molecule has 3 aromatic rings. The van der Waals surface area contributed by atoms with Gasteiger partial charge < -0.3 is 10.6 Å². The van der Waals surface area contributed by atoms with Crippen LogP contribution in [-0.2, 0) is 9.59 Å². The van der Waals surface area contributed by atoms with Gasteiger partial charge in [0.1, 0.15) is 11.3 Å². The van der Waals surface area contributed by atoms with Crippen LogP contribution >= 0.6 is 11.8 Å². The topological polar surface area (TPSA) is 92.6 Å². The van der Waals surface area contributed by atoms with Gasteiger partial charge in [0, 0.05) is 18.0 Å². The van der Waals surface area contributed by atoms with E-state index in [9.17, 15) is 14.4 Å². The largest absolute Gasteiger partial charge is 0.325 e. The predicted molar refractivity (Wildman–Crippen MR) is 102 cm³/mol. The van der Waals surface area contributed by atoms with Gasteiger partial charge in [-0.3, -0.25) is 18.8 Å². The van der Waals surface area contributed by atoms with Crippen LogP contribution in [-0.4, -0.2) is 27.0 Å². The highest BCUT2D eigenvalue weighted by molar-refractivity contribution is 8.00. The van der Waals surface area contributed by atoms with E-state index in [0.29, 0.717) is 11.3 Å². The molecule has 0 aliphatic carbocycles. The summed E-state index contributed by atoms with van der Waals surface area (Å²) in [6.45, 7) is 1.42. The average Bonchev–Trinajstić information content (AvgIpc) is 2.63. The lowest BCUT2D eigenvalue weighted by atomic mass is 10.3. The molecule has 2 heterocycles. The predicted octanol–water partition coefficient (Wildman–Crippen LogP) is 2.38. The monoisotopic (exact) mass is 368 g/mol. The van der Waals surface area contributed by atoms with Gasteiger partial charge in [-0.2, -0.15) is 0 Å². The minimum absolute atomic E-state index is 0.0908. The highest BCUT2D eigenvalue weighted by atomic mass is 32.2. The first-order chi connectivity index (χ1) is 12.5. The highest BCUT2D eigenvalue weighted by Gasteiger charge is 2.11. The van der Waals surface area contributed by atoms with Crippen molar-refractivity contribution >= 4 is 40.6 Å². The summed E-state index contributed by atoms with van der Waals surface area (Å²) in [6, 6.07) is 12.4. The zero-order valence-corrected chi connectivity index (χ0v) is 14.7. The summed E-state index contributed by atoms with van der Waals surface area (Å²) in [4.78, 5) is 40.7. The Balaban J connectivity index is 1.70. The molecule has 132 valence electrons. The third kappa shape index (κ3) is 4.09. The molecule has 0 saturated carbocycles. The molecule has 7 nitrogen and oxygen atoms in total. The maximum Gasteiger partial charge on any atom is 0.281 e. The number of nitrogens with one attached hydrogen (secondary N) is 2. The van der Waals surface area contributed by atoms with Gasteiger partial charge in [0.25, 0.3) is 5.56 Å². The molecule has 1 aromatic carbocycles. The van der Waals surface area contributed by atoms with Crippen LogP contribution < -0.4 is 16.2 Å². The van der Waals surface area contributed by atoms with Gasteiger partial charge >= 0.3 is 0 Å². The van der Waals surface area contributed by atoms with Crippen LogP contribution in [0.1, 0.15) is 6.92 Å². The van der Waals surface area contributed by atoms with E-state index in [1.807, 2.05) is 12.1 Å². The number of rotatable bonds is 5. The molecule has 2 aromatic heterocycles. The molecule has 0 unspecified atom stereocenters. The Labute approximate surface area is 153 Å². The number of hydrogen-bond donors (Lipinski definition) is 2. The third-order valence-corrected chi connectivity index (χ3v) is 4.52. The number of pyridine rings is 1. The van der Waals surface area contributed by atoms with Crippen molar-refractivity contribution in [3.63, 3.8) is 0 Å². The number of aromatic nitrogens is 2. The average molecular weight is 368 g/mol. The van der Waals surface area contributed by atoms with Gasteiger partial charge in [-0.15, -0.1) is 11.8 Å². The number of thioether (sulfide) groups is 1. The second kappa shape index (κ2) is 7.83. The fraction of sp³-hybridized carbons (Fsp3) is 0.111. The highest BCUT2D eigenvalue weighted by Crippen LogP contribution is 2.26. The molecule has 0 fully saturated rings. The lowest BCUT2D eigenvalue weighted by molar-refractivity contribution is -0.114. The lowest BCUT2D eigenvalue weighted by Crippen LogP contribution is -2.24. The van der Waals surface area contributed by atoms with Crippen LogP contribution in [0.4, 0.5) is 11.4 Å². The first-order valence-corrected chi connectivity index (χ1v) is 8.79. The maximum absolute atomic E-state index is 12.4. The number of carbonyl (C=O) groups excluding carboxylic acids is 2. The molecule has 26 heavy (non-hydrogen) atoms. The molecule has 0 radical (unpaired) electrons. The number of anilines is 2. The molecule has 0 spiro atoms. The summed E-state index contributed by atoms with van der Waals surface area (Å²) in [6.07, 6.45) is 2.95. The minimum atomic E-state index is -0.340. The first-order valence-electron chi connectivity index (χ1n) is 7.80. The molecule has 0 saturated heterocycles. The number of fused-ring (bicyclic) bond motifs is 1. The van der Waals surface area contributed by atoms with E-state index in [1.165, 1.54) is 29.3 Å². The fourth-order valence-electron chi connectivity index (χ4n) is 2.33. The molecule has 8 heteroatoms. The van der Waals surface area contributed by atoms with E-state index in [1.54, 1.807) is 36.5 Å². The van der Waals surface area contributed by atoms with Gasteiger partial charge in [0.2, 0.25) is 11.8 Å². The minimum Gasteiger partial charge on any atom is -0.325 e. The van der Waals surface area contributed by atoms with Gasteiger partial charge in [-0.05, 0) is 24.3 Å². The van der Waals surface area contributed by atoms with Crippen LogP contribution in [0, 0.1) is 0 Å². The SMILES string of the molecule is CC(=O)Nc1ccccc1SCC(=O)Nc1cnc2ccccn2c1=O.